The molecule has 1 atom stereocenters. The standard InChI is InChI=1S/C15H14BrNS2/c1-10(17-9-12-6-7-15(16)18-12)14-8-11-4-2-3-5-13(11)19-14/h2-8,10,17H,9H2,1H3. The second-order valence-corrected chi connectivity index (χ2v) is 8.16. The minimum Gasteiger partial charge on any atom is -0.305 e. The van der Waals surface area contributed by atoms with E-state index in [9.17, 15) is 0 Å². The molecule has 0 saturated carbocycles. The lowest BCUT2D eigenvalue weighted by molar-refractivity contribution is 0.587. The second-order valence-electron chi connectivity index (χ2n) is 4.50. The second kappa shape index (κ2) is 5.75. The van der Waals surface area contributed by atoms with Gasteiger partial charge in [-0.1, -0.05) is 18.2 Å². The van der Waals surface area contributed by atoms with Crippen molar-refractivity contribution in [2.45, 2.75) is 19.5 Å². The molecule has 2 heterocycles. The van der Waals surface area contributed by atoms with Crippen LogP contribution in [0, 0.1) is 0 Å². The first-order chi connectivity index (χ1) is 9.22. The summed E-state index contributed by atoms with van der Waals surface area (Å²) in [5, 5.41) is 4.93. The van der Waals surface area contributed by atoms with Gasteiger partial charge in [0.05, 0.1) is 3.79 Å². The molecule has 2 aromatic heterocycles. The van der Waals surface area contributed by atoms with Gasteiger partial charge in [-0.25, -0.2) is 0 Å². The van der Waals surface area contributed by atoms with Gasteiger partial charge in [0.15, 0.2) is 0 Å². The fraction of sp³-hybridized carbons (Fsp3) is 0.200. The Labute approximate surface area is 129 Å². The van der Waals surface area contributed by atoms with Crippen LogP contribution in [0.2, 0.25) is 0 Å². The van der Waals surface area contributed by atoms with Gasteiger partial charge in [-0.3, -0.25) is 0 Å². The van der Waals surface area contributed by atoms with Crippen LogP contribution < -0.4 is 5.32 Å². The third-order valence-electron chi connectivity index (χ3n) is 3.08. The molecule has 0 aliphatic carbocycles. The summed E-state index contributed by atoms with van der Waals surface area (Å²) in [5.74, 6) is 0. The van der Waals surface area contributed by atoms with Crippen molar-refractivity contribution >= 4 is 48.7 Å². The molecule has 1 nitrogen and oxygen atoms in total. The zero-order chi connectivity index (χ0) is 13.2. The predicted molar refractivity (Wildman–Crippen MR) is 89.1 cm³/mol. The average molecular weight is 352 g/mol. The zero-order valence-electron chi connectivity index (χ0n) is 10.5. The van der Waals surface area contributed by atoms with Gasteiger partial charge in [0.1, 0.15) is 0 Å². The summed E-state index contributed by atoms with van der Waals surface area (Å²) in [6.07, 6.45) is 0. The summed E-state index contributed by atoms with van der Waals surface area (Å²) >= 11 is 7.17. The van der Waals surface area contributed by atoms with Gasteiger partial charge in [-0.15, -0.1) is 22.7 Å². The number of rotatable bonds is 4. The molecule has 1 N–H and O–H groups in total. The van der Waals surface area contributed by atoms with Gasteiger partial charge in [0.2, 0.25) is 0 Å². The SMILES string of the molecule is CC(NCc1ccc(Br)s1)c1cc2ccccc2s1. The Morgan fingerprint density at radius 2 is 2.00 bits per heavy atom. The van der Waals surface area contributed by atoms with Gasteiger partial charge in [0, 0.05) is 27.0 Å². The third kappa shape index (κ3) is 3.08. The molecule has 1 unspecified atom stereocenters. The minimum atomic E-state index is 0.387. The summed E-state index contributed by atoms with van der Waals surface area (Å²) in [5.41, 5.74) is 0. The highest BCUT2D eigenvalue weighted by Gasteiger charge is 2.09. The van der Waals surface area contributed by atoms with Crippen molar-refractivity contribution in [2.75, 3.05) is 0 Å². The monoisotopic (exact) mass is 351 g/mol. The normalized spacial score (nSPS) is 12.9. The highest BCUT2D eigenvalue weighted by atomic mass is 79.9. The van der Waals surface area contributed by atoms with E-state index in [4.69, 9.17) is 0 Å². The molecule has 98 valence electrons. The molecule has 0 amide bonds. The molecule has 0 aliphatic rings. The molecular weight excluding hydrogens is 338 g/mol. The number of halogens is 1. The van der Waals surface area contributed by atoms with Crippen LogP contribution in [-0.2, 0) is 6.54 Å². The third-order valence-corrected chi connectivity index (χ3v) is 6.01. The Bertz CT molecular complexity index is 653. The van der Waals surface area contributed by atoms with Crippen LogP contribution in [0.25, 0.3) is 10.1 Å². The van der Waals surface area contributed by atoms with E-state index in [0.717, 1.165) is 6.54 Å². The van der Waals surface area contributed by atoms with Gasteiger partial charge in [-0.05, 0) is 52.5 Å². The van der Waals surface area contributed by atoms with E-state index >= 15 is 0 Å². The van der Waals surface area contributed by atoms with E-state index in [1.54, 1.807) is 11.3 Å². The molecule has 3 aromatic rings. The van der Waals surface area contributed by atoms with Crippen LogP contribution in [0.1, 0.15) is 22.7 Å². The lowest BCUT2D eigenvalue weighted by Crippen LogP contribution is -2.16. The first kappa shape index (κ1) is 13.3. The summed E-state index contributed by atoms with van der Waals surface area (Å²) in [4.78, 5) is 2.76. The smallest absolute Gasteiger partial charge is 0.0701 e. The van der Waals surface area contributed by atoms with Crippen molar-refractivity contribution in [3.8, 4) is 0 Å². The first-order valence-corrected chi connectivity index (χ1v) is 8.61. The quantitative estimate of drug-likeness (QED) is 0.647. The molecule has 1 aromatic carbocycles. The van der Waals surface area contributed by atoms with Crippen molar-refractivity contribution in [2.24, 2.45) is 0 Å². The van der Waals surface area contributed by atoms with E-state index in [1.165, 1.54) is 23.6 Å². The van der Waals surface area contributed by atoms with Crippen LogP contribution >= 0.6 is 38.6 Å². The first-order valence-electron chi connectivity index (χ1n) is 6.18. The molecule has 3 rings (SSSR count). The Hall–Kier alpha value is -0.680. The molecule has 0 aliphatic heterocycles. The van der Waals surface area contributed by atoms with Crippen LogP contribution in [0.4, 0.5) is 0 Å². The van der Waals surface area contributed by atoms with E-state index in [1.807, 2.05) is 11.3 Å². The molecule has 0 bridgehead atoms. The van der Waals surface area contributed by atoms with Crippen LogP contribution in [0.15, 0.2) is 46.3 Å². The number of benzene rings is 1. The molecule has 0 fully saturated rings. The van der Waals surface area contributed by atoms with Crippen molar-refractivity contribution in [1.29, 1.82) is 0 Å². The molecule has 4 heteroatoms. The minimum absolute atomic E-state index is 0.387. The average Bonchev–Trinajstić information content (AvgIpc) is 3.01. The van der Waals surface area contributed by atoms with Crippen molar-refractivity contribution in [3.63, 3.8) is 0 Å². The Morgan fingerprint density at radius 3 is 2.74 bits per heavy atom. The number of nitrogens with one attached hydrogen (secondary N) is 1. The highest BCUT2D eigenvalue weighted by Crippen LogP contribution is 2.30. The van der Waals surface area contributed by atoms with Crippen molar-refractivity contribution < 1.29 is 0 Å². The summed E-state index contributed by atoms with van der Waals surface area (Å²) < 4.78 is 2.56. The largest absolute Gasteiger partial charge is 0.305 e. The fourth-order valence-corrected chi connectivity index (χ4v) is 4.54. The maximum Gasteiger partial charge on any atom is 0.0701 e. The van der Waals surface area contributed by atoms with E-state index in [0.29, 0.717) is 6.04 Å². The van der Waals surface area contributed by atoms with E-state index in [-0.39, 0.29) is 0 Å². The highest BCUT2D eigenvalue weighted by molar-refractivity contribution is 9.11. The molecule has 0 spiro atoms. The van der Waals surface area contributed by atoms with E-state index in [2.05, 4.69) is 70.6 Å². The van der Waals surface area contributed by atoms with Gasteiger partial charge >= 0.3 is 0 Å². The van der Waals surface area contributed by atoms with Crippen molar-refractivity contribution in [1.82, 2.24) is 5.32 Å². The van der Waals surface area contributed by atoms with Gasteiger partial charge in [-0.2, -0.15) is 0 Å². The number of hydrogen-bond donors (Lipinski definition) is 1. The maximum atomic E-state index is 3.59. The summed E-state index contributed by atoms with van der Waals surface area (Å²) in [6, 6.07) is 15.5. The zero-order valence-corrected chi connectivity index (χ0v) is 13.7. The van der Waals surface area contributed by atoms with Crippen molar-refractivity contribution in [3.05, 3.63) is 56.0 Å². The molecule has 0 radical (unpaired) electrons. The maximum absolute atomic E-state index is 3.59. The molecular formula is C15H14BrNS2. The number of fused-ring (bicyclic) bond motifs is 1. The Balaban J connectivity index is 1.71. The predicted octanol–water partition coefficient (Wildman–Crippen LogP) is 5.58. The fourth-order valence-electron chi connectivity index (χ4n) is 2.02. The number of thiophene rings is 2. The van der Waals surface area contributed by atoms with Gasteiger partial charge in [0.25, 0.3) is 0 Å². The topological polar surface area (TPSA) is 12.0 Å². The van der Waals surface area contributed by atoms with E-state index < -0.39 is 0 Å². The summed E-state index contributed by atoms with van der Waals surface area (Å²) in [7, 11) is 0. The molecule has 19 heavy (non-hydrogen) atoms. The Morgan fingerprint density at radius 1 is 1.16 bits per heavy atom. The number of hydrogen-bond acceptors (Lipinski definition) is 3. The lowest BCUT2D eigenvalue weighted by atomic mass is 10.2. The van der Waals surface area contributed by atoms with Gasteiger partial charge < -0.3 is 5.32 Å². The Kier molecular flexibility index (Phi) is 4.03. The molecule has 0 saturated heterocycles. The van der Waals surface area contributed by atoms with Crippen LogP contribution in [0.3, 0.4) is 0 Å². The van der Waals surface area contributed by atoms with Crippen LogP contribution in [-0.4, -0.2) is 0 Å². The van der Waals surface area contributed by atoms with Crippen LogP contribution in [0.5, 0.6) is 0 Å². The lowest BCUT2D eigenvalue weighted by Gasteiger charge is -2.10. The summed E-state index contributed by atoms with van der Waals surface area (Å²) in [6.45, 7) is 3.15.